The van der Waals surface area contributed by atoms with Crippen LogP contribution in [0.5, 0.6) is 11.5 Å². The average molecular weight is 832 g/mol. The summed E-state index contributed by atoms with van der Waals surface area (Å²) in [7, 11) is 0. The molecule has 57 heavy (non-hydrogen) atoms. The average Bonchev–Trinajstić information content (AvgIpc) is 4.08. The highest BCUT2D eigenvalue weighted by atomic mass is 35.5. The van der Waals surface area contributed by atoms with Crippen LogP contribution in [0.1, 0.15) is 99.3 Å². The molecule has 4 nitrogen and oxygen atoms in total. The summed E-state index contributed by atoms with van der Waals surface area (Å²) in [5, 5.41) is 0.537. The molecule has 4 aliphatic rings. The number of carbonyl (C=O) groups is 1. The number of benzene rings is 4. The van der Waals surface area contributed by atoms with E-state index >= 15 is 0 Å². The molecule has 8 rings (SSSR count). The van der Waals surface area contributed by atoms with E-state index < -0.39 is 40.5 Å². The second-order valence-electron chi connectivity index (χ2n) is 16.2. The molecule has 0 N–H and O–H groups in total. The first-order chi connectivity index (χ1) is 27.1. The fourth-order valence-electron chi connectivity index (χ4n) is 8.39. The Morgan fingerprint density at radius 2 is 1.00 bits per heavy atom. The van der Waals surface area contributed by atoms with Crippen molar-refractivity contribution in [3.05, 3.63) is 105 Å². The summed E-state index contributed by atoms with van der Waals surface area (Å²) >= 11 is 14.0. The van der Waals surface area contributed by atoms with Crippen LogP contribution in [0, 0.1) is 11.8 Å². The van der Waals surface area contributed by atoms with Gasteiger partial charge in [0.2, 0.25) is 0 Å². The van der Waals surface area contributed by atoms with E-state index in [0.29, 0.717) is 95.6 Å². The Balaban J connectivity index is 1.15. The molecule has 0 unspecified atom stereocenters. The Morgan fingerprint density at radius 3 is 1.42 bits per heavy atom. The van der Waals surface area contributed by atoms with Crippen LogP contribution in [0.2, 0.25) is 10.0 Å². The summed E-state index contributed by atoms with van der Waals surface area (Å²) in [6.07, 6.45) is 0.313. The summed E-state index contributed by atoms with van der Waals surface area (Å²) < 4.78 is 100.0. The second-order valence-corrected chi connectivity index (χ2v) is 17.0. The Labute approximate surface area is 337 Å². The minimum absolute atomic E-state index is 0.260. The first kappa shape index (κ1) is 39.9. The van der Waals surface area contributed by atoms with E-state index in [9.17, 15) is 31.1 Å². The van der Waals surface area contributed by atoms with E-state index in [1.54, 1.807) is 12.1 Å². The van der Waals surface area contributed by atoms with Crippen molar-refractivity contribution >= 4 is 29.2 Å². The lowest BCUT2D eigenvalue weighted by molar-refractivity contribution is -0.168. The number of esters is 1. The lowest BCUT2D eigenvalue weighted by atomic mass is 9.77. The Morgan fingerprint density at radius 1 is 0.596 bits per heavy atom. The number of ether oxygens (including phenoxy) is 3. The molecule has 0 radical (unpaired) electrons. The van der Waals surface area contributed by atoms with Gasteiger partial charge in [0.05, 0.1) is 39.8 Å². The molecule has 12 heteroatoms. The molecule has 0 atom stereocenters. The molecule has 0 heterocycles. The maximum absolute atomic E-state index is 14.9. The normalized spacial score (nSPS) is 19.1. The minimum Gasteiger partial charge on any atom is -0.493 e. The maximum Gasteiger partial charge on any atom is 0.416 e. The summed E-state index contributed by atoms with van der Waals surface area (Å²) in [4.78, 5) is 14.9. The fraction of sp³-hybridized carbons (Fsp3) is 0.444. The van der Waals surface area contributed by atoms with Crippen molar-refractivity contribution in [2.24, 2.45) is 11.8 Å². The second kappa shape index (κ2) is 15.4. The third-order valence-corrected chi connectivity index (χ3v) is 12.7. The summed E-state index contributed by atoms with van der Waals surface area (Å²) in [6, 6.07) is 16.8. The molecule has 0 aliphatic heterocycles. The molecular weight excluding hydrogens is 789 g/mol. The smallest absolute Gasteiger partial charge is 0.416 e. The molecule has 0 aromatic heterocycles. The molecule has 4 aromatic carbocycles. The van der Waals surface area contributed by atoms with Crippen LogP contribution in [-0.4, -0.2) is 19.2 Å². The van der Waals surface area contributed by atoms with E-state index in [0.717, 1.165) is 75.6 Å². The first-order valence-corrected chi connectivity index (χ1v) is 20.4. The number of hydrogen-bond donors (Lipinski definition) is 0. The van der Waals surface area contributed by atoms with Crippen molar-refractivity contribution in [1.82, 2.24) is 0 Å². The van der Waals surface area contributed by atoms with Crippen molar-refractivity contribution < 1.29 is 45.3 Å². The Hall–Kier alpha value is -3.89. The number of hydrogen-bond acceptors (Lipinski definition) is 4. The Bertz CT molecular complexity index is 2110. The molecule has 0 bridgehead atoms. The van der Waals surface area contributed by atoms with E-state index in [1.807, 2.05) is 12.1 Å². The molecule has 0 spiro atoms. The van der Waals surface area contributed by atoms with Crippen LogP contribution in [0.25, 0.3) is 22.3 Å². The SMILES string of the molecule is O=C(OC1(c2cc(Cl)c(-c3ccc(C(F)(F)F)cc3)c(OCC3CC3)c2)CCCC1)C1(c2cc(Cl)c(-c3ccc(C(F)(F)F)cc3)c(OCC3CC3)c2)CCCC1. The van der Waals surface area contributed by atoms with Crippen molar-refractivity contribution in [2.75, 3.05) is 13.2 Å². The number of rotatable bonds is 12. The monoisotopic (exact) mass is 830 g/mol. The number of halogens is 8. The van der Waals surface area contributed by atoms with E-state index in [2.05, 4.69) is 0 Å². The van der Waals surface area contributed by atoms with Gasteiger partial charge in [0.1, 0.15) is 17.1 Å². The lowest BCUT2D eigenvalue weighted by Gasteiger charge is -2.36. The zero-order valence-electron chi connectivity index (χ0n) is 31.1. The van der Waals surface area contributed by atoms with Gasteiger partial charge in [-0.3, -0.25) is 4.79 Å². The molecule has 0 saturated heterocycles. The van der Waals surface area contributed by atoms with Crippen molar-refractivity contribution in [2.45, 2.75) is 100 Å². The van der Waals surface area contributed by atoms with Crippen LogP contribution < -0.4 is 9.47 Å². The Kier molecular flexibility index (Phi) is 10.8. The van der Waals surface area contributed by atoms with Gasteiger partial charge in [0.25, 0.3) is 0 Å². The standard InChI is InChI=1S/C45H42Cl2F6O4/c46-35-21-33(23-37(55-25-27-5-6-27)39(35)29-9-13-31(14-10-29)44(48,49)50)42(17-1-2-18-42)41(54)57-43(19-3-4-20-43)34-22-36(47)40(38(24-34)56-26-28-7-8-28)30-11-15-32(16-12-30)45(51,52)53/h9-16,21-24,27-28H,1-8,17-20,25-26H2. The van der Waals surface area contributed by atoms with Gasteiger partial charge in [-0.25, -0.2) is 0 Å². The van der Waals surface area contributed by atoms with Crippen molar-refractivity contribution in [3.8, 4) is 33.8 Å². The highest BCUT2D eigenvalue weighted by molar-refractivity contribution is 6.34. The van der Waals surface area contributed by atoms with Crippen molar-refractivity contribution in [1.29, 1.82) is 0 Å². The first-order valence-electron chi connectivity index (χ1n) is 19.7. The predicted octanol–water partition coefficient (Wildman–Crippen LogP) is 13.8. The summed E-state index contributed by atoms with van der Waals surface area (Å²) in [5.74, 6) is 1.17. The van der Waals surface area contributed by atoms with Crippen LogP contribution in [0.3, 0.4) is 0 Å². The minimum atomic E-state index is -4.49. The maximum atomic E-state index is 14.9. The number of carbonyl (C=O) groups excluding carboxylic acids is 1. The van der Waals surface area contributed by atoms with Gasteiger partial charge in [-0.15, -0.1) is 0 Å². The molecule has 4 aliphatic carbocycles. The van der Waals surface area contributed by atoms with Crippen LogP contribution >= 0.6 is 23.2 Å². The van der Waals surface area contributed by atoms with Gasteiger partial charge in [0.15, 0.2) is 0 Å². The molecule has 4 fully saturated rings. The quantitative estimate of drug-likeness (QED) is 0.105. The molecule has 4 aromatic rings. The van der Waals surface area contributed by atoms with E-state index in [-0.39, 0.29) is 10.0 Å². The van der Waals surface area contributed by atoms with Gasteiger partial charge >= 0.3 is 18.3 Å². The summed E-state index contributed by atoms with van der Waals surface area (Å²) in [5.41, 5.74) is -0.468. The molecule has 0 amide bonds. The third-order valence-electron chi connectivity index (χ3n) is 12.1. The zero-order valence-corrected chi connectivity index (χ0v) is 32.7. The summed E-state index contributed by atoms with van der Waals surface area (Å²) in [6.45, 7) is 0.847. The van der Waals surface area contributed by atoms with E-state index in [4.69, 9.17) is 37.4 Å². The van der Waals surface area contributed by atoms with E-state index in [1.165, 1.54) is 24.3 Å². The van der Waals surface area contributed by atoms with Gasteiger partial charge in [-0.2, -0.15) is 26.3 Å². The van der Waals surface area contributed by atoms with Gasteiger partial charge in [-0.05, 0) is 141 Å². The van der Waals surface area contributed by atoms with Gasteiger partial charge < -0.3 is 14.2 Å². The molecule has 4 saturated carbocycles. The predicted molar refractivity (Wildman–Crippen MR) is 207 cm³/mol. The topological polar surface area (TPSA) is 44.8 Å². The third kappa shape index (κ3) is 8.36. The molecular formula is C45H42Cl2F6O4. The highest BCUT2D eigenvalue weighted by Gasteiger charge is 2.50. The number of alkyl halides is 6. The van der Waals surface area contributed by atoms with Gasteiger partial charge in [0, 0.05) is 16.7 Å². The zero-order chi connectivity index (χ0) is 40.2. The largest absolute Gasteiger partial charge is 0.493 e. The fourth-order valence-corrected chi connectivity index (χ4v) is 9.03. The van der Waals surface area contributed by atoms with Crippen LogP contribution in [-0.2, 0) is 32.9 Å². The molecule has 302 valence electrons. The lowest BCUT2D eigenvalue weighted by Crippen LogP contribution is -2.41. The van der Waals surface area contributed by atoms with Gasteiger partial charge in [-0.1, -0.05) is 60.3 Å². The highest BCUT2D eigenvalue weighted by Crippen LogP contribution is 2.52. The van der Waals surface area contributed by atoms with Crippen LogP contribution in [0.15, 0.2) is 72.8 Å². The van der Waals surface area contributed by atoms with Crippen molar-refractivity contribution in [3.63, 3.8) is 0 Å². The van der Waals surface area contributed by atoms with Crippen LogP contribution in [0.4, 0.5) is 26.3 Å².